The Morgan fingerprint density at radius 2 is 2.14 bits per heavy atom. The highest BCUT2D eigenvalue weighted by Crippen LogP contribution is 2.24. The van der Waals surface area contributed by atoms with Crippen molar-refractivity contribution in [2.24, 2.45) is 0 Å². The summed E-state index contributed by atoms with van der Waals surface area (Å²) in [5.41, 5.74) is 0.261. The van der Waals surface area contributed by atoms with Crippen molar-refractivity contribution in [1.82, 2.24) is 4.31 Å². The summed E-state index contributed by atoms with van der Waals surface area (Å²) in [6.45, 7) is 2.47. The maximum absolute atomic E-state index is 12.6. The van der Waals surface area contributed by atoms with Crippen LogP contribution in [0.2, 0.25) is 5.02 Å². The minimum atomic E-state index is -3.63. The maximum Gasteiger partial charge on any atom is 0.243 e. The van der Waals surface area contributed by atoms with Gasteiger partial charge in [0.15, 0.2) is 0 Å². The van der Waals surface area contributed by atoms with E-state index in [-0.39, 0.29) is 15.5 Å². The lowest BCUT2D eigenvalue weighted by molar-refractivity contribution is 0.426. The summed E-state index contributed by atoms with van der Waals surface area (Å²) in [5, 5.41) is 10.9. The van der Waals surface area contributed by atoms with Crippen molar-refractivity contribution in [3.63, 3.8) is 0 Å². The average molecular weight is 341 g/mol. The molecule has 0 aliphatic heterocycles. The van der Waals surface area contributed by atoms with Crippen LogP contribution in [-0.4, -0.2) is 19.3 Å². The third-order valence-electron chi connectivity index (χ3n) is 2.96. The first kappa shape index (κ1) is 16.0. The van der Waals surface area contributed by atoms with Crippen molar-refractivity contribution in [1.29, 1.82) is 5.26 Å². The molecule has 0 saturated heterocycles. The highest BCUT2D eigenvalue weighted by Gasteiger charge is 2.24. The molecule has 0 amide bonds. The van der Waals surface area contributed by atoms with Gasteiger partial charge in [0, 0.05) is 18.0 Å². The van der Waals surface area contributed by atoms with Crippen molar-refractivity contribution in [3.05, 3.63) is 51.2 Å². The molecule has 1 heterocycles. The first-order valence-corrected chi connectivity index (χ1v) is 8.91. The summed E-state index contributed by atoms with van der Waals surface area (Å²) in [5.74, 6) is 0. The molecule has 0 saturated carbocycles. The number of halogens is 1. The molecule has 1 aromatic heterocycles. The molecule has 110 valence electrons. The number of hydrogen-bond acceptors (Lipinski definition) is 4. The topological polar surface area (TPSA) is 61.2 Å². The van der Waals surface area contributed by atoms with Gasteiger partial charge in [-0.15, -0.1) is 11.3 Å². The van der Waals surface area contributed by atoms with Gasteiger partial charge in [-0.2, -0.15) is 9.57 Å². The Hall–Kier alpha value is -1.39. The molecule has 0 bridgehead atoms. The van der Waals surface area contributed by atoms with Crippen LogP contribution in [-0.2, 0) is 16.6 Å². The van der Waals surface area contributed by atoms with Crippen LogP contribution in [0.1, 0.15) is 17.4 Å². The van der Waals surface area contributed by atoms with Gasteiger partial charge in [-0.1, -0.05) is 24.6 Å². The Morgan fingerprint density at radius 1 is 1.38 bits per heavy atom. The highest BCUT2D eigenvalue weighted by atomic mass is 35.5. The standard InChI is InChI=1S/C14H13ClN2O2S2/c1-2-17(10-12-4-3-7-20-12)21(18,19)13-6-5-11(9-16)14(15)8-13/h3-8H,2,10H2,1H3. The highest BCUT2D eigenvalue weighted by molar-refractivity contribution is 7.89. The van der Waals surface area contributed by atoms with Gasteiger partial charge < -0.3 is 0 Å². The Morgan fingerprint density at radius 3 is 2.67 bits per heavy atom. The van der Waals surface area contributed by atoms with Gasteiger partial charge in [0.2, 0.25) is 10.0 Å². The summed E-state index contributed by atoms with van der Waals surface area (Å²) in [6, 6.07) is 9.86. The van der Waals surface area contributed by atoms with Crippen LogP contribution in [0.4, 0.5) is 0 Å². The fourth-order valence-electron chi connectivity index (χ4n) is 1.84. The first-order valence-electron chi connectivity index (χ1n) is 6.21. The average Bonchev–Trinajstić information content (AvgIpc) is 2.97. The number of thiophene rings is 1. The third kappa shape index (κ3) is 3.44. The third-order valence-corrected chi connectivity index (χ3v) is 6.05. The van der Waals surface area contributed by atoms with Crippen LogP contribution in [0.3, 0.4) is 0 Å². The first-order chi connectivity index (χ1) is 9.98. The lowest BCUT2D eigenvalue weighted by Crippen LogP contribution is -2.30. The molecule has 0 aliphatic rings. The Kier molecular flexibility index (Phi) is 5.01. The number of benzene rings is 1. The minimum Gasteiger partial charge on any atom is -0.207 e. The van der Waals surface area contributed by atoms with E-state index in [0.29, 0.717) is 13.1 Å². The summed E-state index contributed by atoms with van der Waals surface area (Å²) < 4.78 is 26.6. The van der Waals surface area contributed by atoms with Crippen molar-refractivity contribution >= 4 is 33.0 Å². The second kappa shape index (κ2) is 6.58. The van der Waals surface area contributed by atoms with Crippen molar-refractivity contribution in [2.45, 2.75) is 18.4 Å². The molecule has 0 atom stereocenters. The molecule has 7 heteroatoms. The van der Waals surface area contributed by atoms with Gasteiger partial charge in [0.1, 0.15) is 6.07 Å². The zero-order chi connectivity index (χ0) is 15.5. The van der Waals surface area contributed by atoms with Gasteiger partial charge in [-0.3, -0.25) is 0 Å². The number of nitriles is 1. The lowest BCUT2D eigenvalue weighted by atomic mass is 10.2. The smallest absolute Gasteiger partial charge is 0.207 e. The van der Waals surface area contributed by atoms with Gasteiger partial charge in [0.05, 0.1) is 15.5 Å². The quantitative estimate of drug-likeness (QED) is 0.837. The molecular weight excluding hydrogens is 328 g/mol. The number of nitrogens with zero attached hydrogens (tertiary/aromatic N) is 2. The van der Waals surface area contributed by atoms with Crippen LogP contribution in [0.5, 0.6) is 0 Å². The molecule has 21 heavy (non-hydrogen) atoms. The van der Waals surface area contributed by atoms with Crippen LogP contribution >= 0.6 is 22.9 Å². The fourth-order valence-corrected chi connectivity index (χ4v) is 4.38. The zero-order valence-corrected chi connectivity index (χ0v) is 13.7. The predicted molar refractivity (Wildman–Crippen MR) is 83.8 cm³/mol. The van der Waals surface area contributed by atoms with E-state index in [2.05, 4.69) is 0 Å². The number of rotatable bonds is 5. The molecular formula is C14H13ClN2O2S2. The van der Waals surface area contributed by atoms with Gasteiger partial charge in [-0.05, 0) is 29.6 Å². The van der Waals surface area contributed by atoms with Crippen LogP contribution < -0.4 is 0 Å². The van der Waals surface area contributed by atoms with Gasteiger partial charge in [-0.25, -0.2) is 8.42 Å². The maximum atomic E-state index is 12.6. The molecule has 0 aliphatic carbocycles. The largest absolute Gasteiger partial charge is 0.243 e. The molecule has 0 N–H and O–H groups in total. The monoisotopic (exact) mass is 340 g/mol. The van der Waals surface area contributed by atoms with Crippen LogP contribution in [0, 0.1) is 11.3 Å². The van der Waals surface area contributed by atoms with Crippen LogP contribution in [0.15, 0.2) is 40.6 Å². The molecule has 2 rings (SSSR count). The van der Waals surface area contributed by atoms with Crippen molar-refractivity contribution in [3.8, 4) is 6.07 Å². The van der Waals surface area contributed by atoms with E-state index in [1.165, 1.54) is 33.8 Å². The van der Waals surface area contributed by atoms with E-state index in [0.717, 1.165) is 4.88 Å². The zero-order valence-electron chi connectivity index (χ0n) is 11.3. The Bertz CT molecular complexity index is 765. The van der Waals surface area contributed by atoms with E-state index in [1.807, 2.05) is 23.6 Å². The number of sulfonamides is 1. The SMILES string of the molecule is CCN(Cc1cccs1)S(=O)(=O)c1ccc(C#N)c(Cl)c1. The normalized spacial score (nSPS) is 11.5. The lowest BCUT2D eigenvalue weighted by Gasteiger charge is -2.20. The number of hydrogen-bond donors (Lipinski definition) is 0. The van der Waals surface area contributed by atoms with E-state index in [9.17, 15) is 8.42 Å². The summed E-state index contributed by atoms with van der Waals surface area (Å²) in [7, 11) is -3.63. The molecule has 4 nitrogen and oxygen atoms in total. The van der Waals surface area contributed by atoms with Gasteiger partial charge >= 0.3 is 0 Å². The summed E-state index contributed by atoms with van der Waals surface area (Å²) in [6.07, 6.45) is 0. The molecule has 0 unspecified atom stereocenters. The van der Waals surface area contributed by atoms with E-state index in [4.69, 9.17) is 16.9 Å². The van der Waals surface area contributed by atoms with E-state index < -0.39 is 10.0 Å². The second-order valence-corrected chi connectivity index (χ2v) is 7.64. The molecule has 0 spiro atoms. The fraction of sp³-hybridized carbons (Fsp3) is 0.214. The van der Waals surface area contributed by atoms with E-state index >= 15 is 0 Å². The van der Waals surface area contributed by atoms with Crippen molar-refractivity contribution in [2.75, 3.05) is 6.54 Å². The molecule has 1 aromatic carbocycles. The molecule has 0 fully saturated rings. The summed E-state index contributed by atoms with van der Waals surface area (Å²) >= 11 is 7.43. The summed E-state index contributed by atoms with van der Waals surface area (Å²) in [4.78, 5) is 1.07. The molecule has 0 radical (unpaired) electrons. The Labute approximate surface area is 133 Å². The predicted octanol–water partition coefficient (Wildman–Crippen LogP) is 3.48. The molecule has 2 aromatic rings. The second-order valence-electron chi connectivity index (χ2n) is 4.26. The minimum absolute atomic E-state index is 0.102. The Balaban J connectivity index is 2.35. The van der Waals surface area contributed by atoms with Crippen LogP contribution in [0.25, 0.3) is 0 Å². The van der Waals surface area contributed by atoms with Crippen molar-refractivity contribution < 1.29 is 8.42 Å². The van der Waals surface area contributed by atoms with E-state index in [1.54, 1.807) is 6.92 Å². The van der Waals surface area contributed by atoms with Gasteiger partial charge in [0.25, 0.3) is 0 Å².